The van der Waals surface area contributed by atoms with Gasteiger partial charge in [0.05, 0.1) is 106 Å². The summed E-state index contributed by atoms with van der Waals surface area (Å²) >= 11 is 0. The maximum Gasteiger partial charge on any atom is 0.140 e. The van der Waals surface area contributed by atoms with Gasteiger partial charge in [0.2, 0.25) is 0 Å². The molecule has 0 unspecified atom stereocenters. The topological polar surface area (TPSA) is 101 Å². The maximum atomic E-state index is 12.6. The normalized spacial score (nSPS) is 19.8. The quantitative estimate of drug-likeness (QED) is 0.396. The van der Waals surface area contributed by atoms with Crippen LogP contribution in [-0.4, -0.2) is 137 Å². The molecule has 274 valence electrons. The Balaban J connectivity index is 1.32. The van der Waals surface area contributed by atoms with E-state index in [9.17, 15) is 5.11 Å². The van der Waals surface area contributed by atoms with Gasteiger partial charge in [0.25, 0.3) is 0 Å². The Morgan fingerprint density at radius 1 is 0.340 bits per heavy atom. The molecule has 0 radical (unpaired) electrons. The van der Waals surface area contributed by atoms with Crippen LogP contribution in [0, 0.1) is 0 Å². The highest BCUT2D eigenvalue weighted by Gasteiger charge is 2.34. The van der Waals surface area contributed by atoms with Crippen LogP contribution in [0.4, 0.5) is 11.4 Å². The zero-order chi connectivity index (χ0) is 34.5. The summed E-state index contributed by atoms with van der Waals surface area (Å²) in [5.41, 5.74) is 3.04. The zero-order valence-corrected chi connectivity index (χ0v) is 29.3. The Morgan fingerprint density at radius 3 is 0.900 bits per heavy atom. The molecule has 0 aliphatic carbocycles. The molecule has 3 aromatic carbocycles. The highest BCUT2D eigenvalue weighted by Crippen LogP contribution is 2.38. The van der Waals surface area contributed by atoms with E-state index in [2.05, 4.69) is 34.1 Å². The molecule has 0 amide bonds. The van der Waals surface area contributed by atoms with E-state index in [1.54, 1.807) is 0 Å². The van der Waals surface area contributed by atoms with Crippen molar-refractivity contribution in [3.05, 3.63) is 95.6 Å². The van der Waals surface area contributed by atoms with Gasteiger partial charge in [-0.1, -0.05) is 54.6 Å². The highest BCUT2D eigenvalue weighted by molar-refractivity contribution is 5.56. The van der Waals surface area contributed by atoms with Gasteiger partial charge in [0.15, 0.2) is 0 Å². The first-order chi connectivity index (χ1) is 24.7. The second-order valence-electron chi connectivity index (χ2n) is 12.0. The molecule has 0 spiro atoms. The number of rotatable bonds is 5. The smallest absolute Gasteiger partial charge is 0.140 e. The number of anilines is 2. The lowest BCUT2D eigenvalue weighted by molar-refractivity contribution is 0.00206. The van der Waals surface area contributed by atoms with Crippen LogP contribution in [0.1, 0.15) is 16.7 Å². The highest BCUT2D eigenvalue weighted by atomic mass is 16.6. The average Bonchev–Trinajstić information content (AvgIpc) is 3.18. The van der Waals surface area contributed by atoms with Crippen LogP contribution >= 0.6 is 0 Å². The minimum absolute atomic E-state index is 0.538. The minimum atomic E-state index is -1.37. The van der Waals surface area contributed by atoms with Gasteiger partial charge in [-0.2, -0.15) is 0 Å². The van der Waals surface area contributed by atoms with Crippen LogP contribution in [0.15, 0.2) is 78.9 Å². The fourth-order valence-electron chi connectivity index (χ4n) is 5.97. The van der Waals surface area contributed by atoms with E-state index in [4.69, 9.17) is 37.9 Å². The first-order valence-corrected chi connectivity index (χ1v) is 17.9. The number of ether oxygens (including phenoxy) is 8. The summed E-state index contributed by atoms with van der Waals surface area (Å²) in [4.78, 5) is 4.49. The van der Waals surface area contributed by atoms with E-state index in [-0.39, 0.29) is 0 Å². The third-order valence-corrected chi connectivity index (χ3v) is 8.75. The van der Waals surface area contributed by atoms with Crippen molar-refractivity contribution < 1.29 is 43.0 Å². The van der Waals surface area contributed by atoms with Crippen LogP contribution < -0.4 is 9.80 Å². The fourth-order valence-corrected chi connectivity index (χ4v) is 5.97. The molecular formula is C39H54N2O9. The van der Waals surface area contributed by atoms with E-state index >= 15 is 0 Å². The Morgan fingerprint density at radius 2 is 0.600 bits per heavy atom. The van der Waals surface area contributed by atoms with Crippen molar-refractivity contribution in [3.63, 3.8) is 0 Å². The standard InChI is InChI=1S/C39H54N2O9/c42-39(34-4-2-1-3-5-34,35-6-10-37(11-7-35)40-14-18-43-22-26-47-30-31-48-27-23-44-19-15-40)36-8-12-38(13-9-36)41-16-20-45-24-28-49-32-33-50-29-25-46-21-17-41/h1-13,42H,14-33H2. The predicted molar refractivity (Wildman–Crippen MR) is 192 cm³/mol. The first-order valence-electron chi connectivity index (χ1n) is 17.9. The van der Waals surface area contributed by atoms with Gasteiger partial charge in [0.1, 0.15) is 5.60 Å². The predicted octanol–water partition coefficient (Wildman–Crippen LogP) is 3.74. The Bertz CT molecular complexity index is 1200. The van der Waals surface area contributed by atoms with Crippen molar-refractivity contribution in [1.29, 1.82) is 0 Å². The van der Waals surface area contributed by atoms with Gasteiger partial charge >= 0.3 is 0 Å². The molecule has 2 aliphatic rings. The third kappa shape index (κ3) is 12.0. The van der Waals surface area contributed by atoms with Crippen LogP contribution in [0.2, 0.25) is 0 Å². The summed E-state index contributed by atoms with van der Waals surface area (Å²) in [7, 11) is 0. The molecule has 11 heteroatoms. The molecule has 50 heavy (non-hydrogen) atoms. The lowest BCUT2D eigenvalue weighted by atomic mass is 9.80. The molecule has 0 bridgehead atoms. The number of hydrogen-bond donors (Lipinski definition) is 1. The van der Waals surface area contributed by atoms with E-state index in [1.807, 2.05) is 54.6 Å². The summed E-state index contributed by atoms with van der Waals surface area (Å²) in [6, 6.07) is 26.1. The Hall–Kier alpha value is -3.10. The summed E-state index contributed by atoms with van der Waals surface area (Å²) in [5.74, 6) is 0. The molecule has 0 saturated carbocycles. The summed E-state index contributed by atoms with van der Waals surface area (Å²) in [6.45, 7) is 11.6. The van der Waals surface area contributed by atoms with Crippen LogP contribution in [0.3, 0.4) is 0 Å². The zero-order valence-electron chi connectivity index (χ0n) is 29.3. The molecule has 2 aliphatic heterocycles. The number of hydrogen-bond acceptors (Lipinski definition) is 11. The molecule has 3 aromatic rings. The van der Waals surface area contributed by atoms with Crippen LogP contribution in [0.25, 0.3) is 0 Å². The van der Waals surface area contributed by atoms with Gasteiger partial charge in [0, 0.05) is 37.6 Å². The molecule has 5 rings (SSSR count). The second kappa shape index (κ2) is 22.0. The lowest BCUT2D eigenvalue weighted by Crippen LogP contribution is -2.33. The average molecular weight is 695 g/mol. The van der Waals surface area contributed by atoms with Crippen molar-refractivity contribution in [2.45, 2.75) is 5.60 Å². The van der Waals surface area contributed by atoms with Crippen molar-refractivity contribution in [2.75, 3.05) is 142 Å². The van der Waals surface area contributed by atoms with Gasteiger partial charge in [-0.25, -0.2) is 0 Å². The summed E-state index contributed by atoms with van der Waals surface area (Å²) in [5, 5.41) is 12.6. The maximum absolute atomic E-state index is 12.6. The molecular weight excluding hydrogens is 640 g/mol. The number of nitrogens with zero attached hydrogens (tertiary/aromatic N) is 2. The minimum Gasteiger partial charge on any atom is -0.377 e. The molecule has 0 aromatic heterocycles. The van der Waals surface area contributed by atoms with Crippen LogP contribution in [-0.2, 0) is 43.5 Å². The van der Waals surface area contributed by atoms with Gasteiger partial charge in [-0.15, -0.1) is 0 Å². The van der Waals surface area contributed by atoms with E-state index in [0.29, 0.717) is 132 Å². The van der Waals surface area contributed by atoms with Crippen molar-refractivity contribution in [1.82, 2.24) is 0 Å². The van der Waals surface area contributed by atoms with E-state index in [1.165, 1.54) is 0 Å². The second-order valence-corrected chi connectivity index (χ2v) is 12.0. The fraction of sp³-hybridized carbons (Fsp3) is 0.538. The van der Waals surface area contributed by atoms with Crippen molar-refractivity contribution >= 4 is 11.4 Å². The number of benzene rings is 3. The monoisotopic (exact) mass is 694 g/mol. The molecule has 2 fully saturated rings. The molecule has 1 N–H and O–H groups in total. The van der Waals surface area contributed by atoms with Crippen molar-refractivity contribution in [2.24, 2.45) is 0 Å². The molecule has 2 heterocycles. The summed E-state index contributed by atoms with van der Waals surface area (Å²) < 4.78 is 45.6. The Kier molecular flexibility index (Phi) is 16.8. The molecule has 2 saturated heterocycles. The molecule has 11 nitrogen and oxygen atoms in total. The van der Waals surface area contributed by atoms with Crippen molar-refractivity contribution in [3.8, 4) is 0 Å². The van der Waals surface area contributed by atoms with Crippen LogP contribution in [0.5, 0.6) is 0 Å². The van der Waals surface area contributed by atoms with Gasteiger partial charge in [-0.3, -0.25) is 0 Å². The van der Waals surface area contributed by atoms with E-state index in [0.717, 1.165) is 28.1 Å². The number of aliphatic hydroxyl groups is 1. The SMILES string of the molecule is OC(c1ccccc1)(c1ccc(N2CCOCCOCCOCCOCC2)cc1)c1ccc(N2CCOCCOCCOCCOCC2)cc1. The van der Waals surface area contributed by atoms with Gasteiger partial charge in [-0.05, 0) is 41.0 Å². The largest absolute Gasteiger partial charge is 0.377 e. The first kappa shape index (κ1) is 38.1. The Labute approximate surface area is 296 Å². The summed E-state index contributed by atoms with van der Waals surface area (Å²) in [6.07, 6.45) is 0. The lowest BCUT2D eigenvalue weighted by Gasteiger charge is -2.32. The van der Waals surface area contributed by atoms with Gasteiger partial charge < -0.3 is 52.8 Å². The van der Waals surface area contributed by atoms with E-state index < -0.39 is 5.60 Å². The third-order valence-electron chi connectivity index (χ3n) is 8.75. The molecule has 0 atom stereocenters.